The Morgan fingerprint density at radius 2 is 2.11 bits per heavy atom. The molecular weight excluding hydrogens is 230 g/mol. The smallest absolute Gasteiger partial charge is 0.304 e. The molecule has 0 spiro atoms. The molecule has 1 N–H and O–H groups in total. The Kier molecular flexibility index (Phi) is 3.99. The van der Waals surface area contributed by atoms with Crippen LogP contribution in [-0.4, -0.2) is 36.1 Å². The van der Waals surface area contributed by atoms with E-state index in [1.807, 2.05) is 36.2 Å². The van der Waals surface area contributed by atoms with Gasteiger partial charge in [-0.25, -0.2) is 0 Å². The van der Waals surface area contributed by atoms with Crippen molar-refractivity contribution in [2.45, 2.75) is 12.8 Å². The van der Waals surface area contributed by atoms with Gasteiger partial charge in [0.15, 0.2) is 0 Å². The van der Waals surface area contributed by atoms with Crippen LogP contribution in [0.3, 0.4) is 0 Å². The van der Waals surface area contributed by atoms with Crippen LogP contribution >= 0.6 is 0 Å². The highest BCUT2D eigenvalue weighted by molar-refractivity contribution is 5.80. The minimum atomic E-state index is -0.754. The number of fused-ring (bicyclic) bond motifs is 1. The Bertz CT molecular complexity index is 533. The summed E-state index contributed by atoms with van der Waals surface area (Å²) >= 11 is 0. The number of carboxylic acid groups (broad SMARTS) is 1. The van der Waals surface area contributed by atoms with E-state index in [4.69, 9.17) is 9.52 Å². The van der Waals surface area contributed by atoms with Gasteiger partial charge < -0.3 is 14.4 Å². The number of aliphatic carboxylic acids is 1. The van der Waals surface area contributed by atoms with Crippen LogP contribution in [0.25, 0.3) is 11.0 Å². The first kappa shape index (κ1) is 12.6. The van der Waals surface area contributed by atoms with E-state index in [1.54, 1.807) is 6.26 Å². The van der Waals surface area contributed by atoms with Crippen LogP contribution in [-0.2, 0) is 11.2 Å². The summed E-state index contributed by atoms with van der Waals surface area (Å²) in [5, 5.41) is 9.76. The van der Waals surface area contributed by atoms with Gasteiger partial charge >= 0.3 is 5.97 Å². The highest BCUT2D eigenvalue weighted by Gasteiger charge is 2.07. The number of carbonyl (C=O) groups is 1. The summed E-state index contributed by atoms with van der Waals surface area (Å²) in [6, 6.07) is 7.95. The van der Waals surface area contributed by atoms with Crippen molar-refractivity contribution in [2.24, 2.45) is 0 Å². The van der Waals surface area contributed by atoms with Crippen LogP contribution in [0.4, 0.5) is 0 Å². The maximum atomic E-state index is 10.5. The maximum absolute atomic E-state index is 10.5. The Hall–Kier alpha value is -1.81. The summed E-state index contributed by atoms with van der Waals surface area (Å²) in [6.45, 7) is 1.40. The van der Waals surface area contributed by atoms with Crippen molar-refractivity contribution < 1.29 is 14.3 Å². The number of rotatable bonds is 6. The molecule has 1 aromatic carbocycles. The summed E-state index contributed by atoms with van der Waals surface area (Å²) in [6.07, 6.45) is 2.84. The standard InChI is InChI=1S/C14H17NO3/c1-15(9-7-14(16)17)8-6-11-10-18-13-5-3-2-4-12(11)13/h2-5,10H,6-9H2,1H3,(H,16,17). The second-order valence-electron chi connectivity index (χ2n) is 4.45. The van der Waals surface area contributed by atoms with E-state index in [-0.39, 0.29) is 6.42 Å². The second-order valence-corrected chi connectivity index (χ2v) is 4.45. The molecule has 2 aromatic rings. The van der Waals surface area contributed by atoms with Crippen molar-refractivity contribution in [1.82, 2.24) is 4.90 Å². The van der Waals surface area contributed by atoms with E-state index in [1.165, 1.54) is 5.56 Å². The number of likely N-dealkylation sites (N-methyl/N-ethyl adjacent to an activating group) is 1. The molecule has 96 valence electrons. The maximum Gasteiger partial charge on any atom is 0.304 e. The molecule has 0 aliphatic rings. The fraction of sp³-hybridized carbons (Fsp3) is 0.357. The minimum absolute atomic E-state index is 0.183. The molecule has 4 heteroatoms. The Labute approximate surface area is 106 Å². The van der Waals surface area contributed by atoms with E-state index >= 15 is 0 Å². The molecule has 2 rings (SSSR count). The number of benzene rings is 1. The van der Waals surface area contributed by atoms with E-state index in [0.29, 0.717) is 6.54 Å². The third kappa shape index (κ3) is 3.11. The molecular formula is C14H17NO3. The number of para-hydroxylation sites is 1. The number of carboxylic acids is 1. The second kappa shape index (κ2) is 5.69. The SMILES string of the molecule is CN(CCC(=O)O)CCc1coc2ccccc12. The van der Waals surface area contributed by atoms with Crippen molar-refractivity contribution in [3.8, 4) is 0 Å². The average Bonchev–Trinajstić information content (AvgIpc) is 2.77. The topological polar surface area (TPSA) is 53.7 Å². The summed E-state index contributed by atoms with van der Waals surface area (Å²) in [7, 11) is 1.94. The van der Waals surface area contributed by atoms with Crippen LogP contribution in [0.15, 0.2) is 34.9 Å². The van der Waals surface area contributed by atoms with Gasteiger partial charge in [0.1, 0.15) is 5.58 Å². The summed E-state index contributed by atoms with van der Waals surface area (Å²) in [5.74, 6) is -0.754. The number of hydrogen-bond donors (Lipinski definition) is 1. The molecule has 0 radical (unpaired) electrons. The Balaban J connectivity index is 1.92. The molecule has 18 heavy (non-hydrogen) atoms. The van der Waals surface area contributed by atoms with Crippen molar-refractivity contribution >= 4 is 16.9 Å². The van der Waals surface area contributed by atoms with Crippen molar-refractivity contribution in [3.05, 3.63) is 36.1 Å². The zero-order valence-electron chi connectivity index (χ0n) is 10.4. The summed E-state index contributed by atoms with van der Waals surface area (Å²) < 4.78 is 5.47. The van der Waals surface area contributed by atoms with Crippen LogP contribution in [0, 0.1) is 0 Å². The van der Waals surface area contributed by atoms with Gasteiger partial charge in [-0.1, -0.05) is 18.2 Å². The van der Waals surface area contributed by atoms with Gasteiger partial charge in [0, 0.05) is 18.5 Å². The van der Waals surface area contributed by atoms with Crippen molar-refractivity contribution in [2.75, 3.05) is 20.1 Å². The lowest BCUT2D eigenvalue weighted by Crippen LogP contribution is -2.24. The van der Waals surface area contributed by atoms with Gasteiger partial charge in [0.25, 0.3) is 0 Å². The normalized spacial score (nSPS) is 11.2. The van der Waals surface area contributed by atoms with E-state index in [9.17, 15) is 4.79 Å². The van der Waals surface area contributed by atoms with Crippen LogP contribution in [0.1, 0.15) is 12.0 Å². The predicted octanol–water partition coefficient (Wildman–Crippen LogP) is 2.38. The lowest BCUT2D eigenvalue weighted by molar-refractivity contribution is -0.137. The fourth-order valence-electron chi connectivity index (χ4n) is 1.94. The number of hydrogen-bond acceptors (Lipinski definition) is 3. The molecule has 0 saturated carbocycles. The quantitative estimate of drug-likeness (QED) is 0.851. The fourth-order valence-corrected chi connectivity index (χ4v) is 1.94. The minimum Gasteiger partial charge on any atom is -0.481 e. The van der Waals surface area contributed by atoms with Gasteiger partial charge in [-0.2, -0.15) is 0 Å². The van der Waals surface area contributed by atoms with Gasteiger partial charge in [0.2, 0.25) is 0 Å². The number of nitrogens with zero attached hydrogens (tertiary/aromatic N) is 1. The molecule has 4 nitrogen and oxygen atoms in total. The van der Waals surface area contributed by atoms with Crippen molar-refractivity contribution in [1.29, 1.82) is 0 Å². The Morgan fingerprint density at radius 1 is 1.33 bits per heavy atom. The third-order valence-electron chi connectivity index (χ3n) is 3.03. The number of furan rings is 1. The molecule has 1 heterocycles. The van der Waals surface area contributed by atoms with E-state index < -0.39 is 5.97 Å². The zero-order chi connectivity index (χ0) is 13.0. The first-order valence-electron chi connectivity index (χ1n) is 6.02. The molecule has 1 aromatic heterocycles. The Morgan fingerprint density at radius 3 is 2.89 bits per heavy atom. The predicted molar refractivity (Wildman–Crippen MR) is 69.7 cm³/mol. The molecule has 0 fully saturated rings. The first-order valence-corrected chi connectivity index (χ1v) is 6.02. The highest BCUT2D eigenvalue weighted by Crippen LogP contribution is 2.21. The first-order chi connectivity index (χ1) is 8.66. The van der Waals surface area contributed by atoms with Crippen LogP contribution < -0.4 is 0 Å². The van der Waals surface area contributed by atoms with Gasteiger partial charge in [-0.15, -0.1) is 0 Å². The summed E-state index contributed by atoms with van der Waals surface area (Å²) in [5.41, 5.74) is 2.08. The molecule has 0 aliphatic carbocycles. The van der Waals surface area contributed by atoms with Crippen LogP contribution in [0.2, 0.25) is 0 Å². The lowest BCUT2D eigenvalue weighted by atomic mass is 10.1. The molecule has 0 unspecified atom stereocenters. The summed E-state index contributed by atoms with van der Waals surface area (Å²) in [4.78, 5) is 12.5. The van der Waals surface area contributed by atoms with Gasteiger partial charge in [0.05, 0.1) is 12.7 Å². The van der Waals surface area contributed by atoms with Gasteiger partial charge in [-0.3, -0.25) is 4.79 Å². The monoisotopic (exact) mass is 247 g/mol. The lowest BCUT2D eigenvalue weighted by Gasteiger charge is -2.14. The van der Waals surface area contributed by atoms with Gasteiger partial charge in [-0.05, 0) is 25.1 Å². The molecule has 0 amide bonds. The largest absolute Gasteiger partial charge is 0.481 e. The molecule has 0 saturated heterocycles. The van der Waals surface area contributed by atoms with Crippen LogP contribution in [0.5, 0.6) is 0 Å². The average molecular weight is 247 g/mol. The van der Waals surface area contributed by atoms with Crippen molar-refractivity contribution in [3.63, 3.8) is 0 Å². The van der Waals surface area contributed by atoms with E-state index in [0.717, 1.165) is 23.9 Å². The third-order valence-corrected chi connectivity index (χ3v) is 3.03. The molecule has 0 atom stereocenters. The zero-order valence-corrected chi connectivity index (χ0v) is 10.4. The molecule has 0 aliphatic heterocycles. The van der Waals surface area contributed by atoms with E-state index in [2.05, 4.69) is 0 Å². The highest BCUT2D eigenvalue weighted by atomic mass is 16.4. The molecule has 0 bridgehead atoms.